The first-order valence-electron chi connectivity index (χ1n) is 7.74. The lowest BCUT2D eigenvalue weighted by molar-refractivity contribution is -0.126. The molecule has 0 saturated carbocycles. The quantitative estimate of drug-likeness (QED) is 0.876. The lowest BCUT2D eigenvalue weighted by Gasteiger charge is -2.24. The van der Waals surface area contributed by atoms with Crippen LogP contribution in [0.4, 0.5) is 5.69 Å². The number of hydrogen-bond acceptors (Lipinski definition) is 3. The van der Waals surface area contributed by atoms with Crippen LogP contribution in [-0.4, -0.2) is 38.1 Å². The molecule has 2 fully saturated rings. The van der Waals surface area contributed by atoms with E-state index in [4.69, 9.17) is 0 Å². The van der Waals surface area contributed by atoms with Gasteiger partial charge in [-0.05, 0) is 56.6 Å². The van der Waals surface area contributed by atoms with Crippen molar-refractivity contribution in [1.82, 2.24) is 10.6 Å². The Morgan fingerprint density at radius 1 is 1.19 bits per heavy atom. The number of piperidine rings is 1. The predicted octanol–water partition coefficient (Wildman–Crippen LogP) is 2.14. The van der Waals surface area contributed by atoms with Crippen molar-refractivity contribution in [2.45, 2.75) is 25.3 Å². The van der Waals surface area contributed by atoms with Crippen LogP contribution in [-0.2, 0) is 4.79 Å². The van der Waals surface area contributed by atoms with Crippen LogP contribution in [0.2, 0.25) is 0 Å². The van der Waals surface area contributed by atoms with Gasteiger partial charge in [-0.15, -0.1) is 0 Å². The Labute approximate surface area is 134 Å². The van der Waals surface area contributed by atoms with Crippen LogP contribution in [0, 0.1) is 5.92 Å². The number of hydrogen-bond donors (Lipinski definition) is 2. The molecule has 0 bridgehead atoms. The number of rotatable bonds is 3. The van der Waals surface area contributed by atoms with E-state index >= 15 is 0 Å². The number of nitrogens with zero attached hydrogens (tertiary/aromatic N) is 1. The monoisotopic (exact) mass is 351 g/mol. The van der Waals surface area contributed by atoms with Gasteiger partial charge in [0.1, 0.15) is 0 Å². The summed E-state index contributed by atoms with van der Waals surface area (Å²) in [6.45, 7) is 3.86. The SMILES string of the molecule is O=C(NC1CCN(c2ccc(Br)cc2)C1)C1CCNCC1. The molecule has 5 heteroatoms. The van der Waals surface area contributed by atoms with Crippen LogP contribution in [0.15, 0.2) is 28.7 Å². The maximum absolute atomic E-state index is 12.3. The van der Waals surface area contributed by atoms with Crippen LogP contribution in [0.25, 0.3) is 0 Å². The second-order valence-electron chi connectivity index (χ2n) is 5.94. The Morgan fingerprint density at radius 3 is 2.62 bits per heavy atom. The number of nitrogens with one attached hydrogen (secondary N) is 2. The molecular weight excluding hydrogens is 330 g/mol. The van der Waals surface area contributed by atoms with Gasteiger partial charge in [0.25, 0.3) is 0 Å². The summed E-state index contributed by atoms with van der Waals surface area (Å²) in [6.07, 6.45) is 2.97. The Hall–Kier alpha value is -1.07. The van der Waals surface area contributed by atoms with Crippen molar-refractivity contribution in [3.8, 4) is 0 Å². The average molecular weight is 352 g/mol. The first-order valence-corrected chi connectivity index (χ1v) is 8.53. The van der Waals surface area contributed by atoms with E-state index in [0.29, 0.717) is 0 Å². The molecule has 0 aromatic heterocycles. The fraction of sp³-hybridized carbons (Fsp3) is 0.562. The van der Waals surface area contributed by atoms with E-state index in [1.54, 1.807) is 0 Å². The summed E-state index contributed by atoms with van der Waals surface area (Å²) in [5, 5.41) is 6.55. The van der Waals surface area contributed by atoms with Crippen molar-refractivity contribution < 1.29 is 4.79 Å². The largest absolute Gasteiger partial charge is 0.369 e. The van der Waals surface area contributed by atoms with Gasteiger partial charge in [0.05, 0.1) is 0 Å². The Kier molecular flexibility index (Phi) is 4.80. The molecular formula is C16H22BrN3O. The summed E-state index contributed by atoms with van der Waals surface area (Å²) in [5.74, 6) is 0.451. The standard InChI is InChI=1S/C16H22BrN3O/c17-13-1-3-15(4-2-13)20-10-7-14(11-20)19-16(21)12-5-8-18-9-6-12/h1-4,12,14,18H,5-11H2,(H,19,21). The van der Waals surface area contributed by atoms with Gasteiger partial charge in [0.15, 0.2) is 0 Å². The topological polar surface area (TPSA) is 44.4 Å². The molecule has 21 heavy (non-hydrogen) atoms. The zero-order chi connectivity index (χ0) is 14.7. The first kappa shape index (κ1) is 14.9. The fourth-order valence-electron chi connectivity index (χ4n) is 3.17. The number of halogens is 1. The number of carbonyl (C=O) groups is 1. The number of amides is 1. The van der Waals surface area contributed by atoms with Crippen molar-refractivity contribution in [2.24, 2.45) is 5.92 Å². The van der Waals surface area contributed by atoms with Gasteiger partial charge in [0, 0.05) is 35.2 Å². The minimum Gasteiger partial charge on any atom is -0.369 e. The summed E-state index contributed by atoms with van der Waals surface area (Å²) < 4.78 is 1.10. The van der Waals surface area contributed by atoms with Gasteiger partial charge < -0.3 is 15.5 Å². The molecule has 0 radical (unpaired) electrons. The minimum atomic E-state index is 0.202. The highest BCUT2D eigenvalue weighted by atomic mass is 79.9. The van der Waals surface area contributed by atoms with Crippen LogP contribution >= 0.6 is 15.9 Å². The molecule has 1 unspecified atom stereocenters. The first-order chi connectivity index (χ1) is 10.2. The molecule has 0 aliphatic carbocycles. The van der Waals surface area contributed by atoms with Crippen molar-refractivity contribution in [1.29, 1.82) is 0 Å². The van der Waals surface area contributed by atoms with E-state index in [2.05, 4.69) is 55.7 Å². The highest BCUT2D eigenvalue weighted by Crippen LogP contribution is 2.23. The zero-order valence-corrected chi connectivity index (χ0v) is 13.7. The molecule has 2 N–H and O–H groups in total. The molecule has 1 aromatic rings. The highest BCUT2D eigenvalue weighted by Gasteiger charge is 2.27. The molecule has 1 aromatic carbocycles. The summed E-state index contributed by atoms with van der Waals surface area (Å²) in [6, 6.07) is 8.67. The minimum absolute atomic E-state index is 0.202. The molecule has 114 valence electrons. The molecule has 2 aliphatic rings. The van der Waals surface area contributed by atoms with Crippen LogP contribution in [0.1, 0.15) is 19.3 Å². The van der Waals surface area contributed by atoms with E-state index in [9.17, 15) is 4.79 Å². The third-order valence-corrected chi connectivity index (χ3v) is 4.97. The van der Waals surface area contributed by atoms with Crippen LogP contribution < -0.4 is 15.5 Å². The average Bonchev–Trinajstić information content (AvgIpc) is 2.97. The molecule has 4 nitrogen and oxygen atoms in total. The fourth-order valence-corrected chi connectivity index (χ4v) is 3.43. The van der Waals surface area contributed by atoms with Gasteiger partial charge in [-0.3, -0.25) is 4.79 Å². The van der Waals surface area contributed by atoms with Crippen molar-refractivity contribution in [2.75, 3.05) is 31.1 Å². The smallest absolute Gasteiger partial charge is 0.223 e. The normalized spacial score (nSPS) is 23.3. The summed E-state index contributed by atoms with van der Waals surface area (Å²) >= 11 is 3.46. The van der Waals surface area contributed by atoms with E-state index in [1.165, 1.54) is 5.69 Å². The number of benzene rings is 1. The van der Waals surface area contributed by atoms with Gasteiger partial charge in [-0.2, -0.15) is 0 Å². The van der Waals surface area contributed by atoms with Gasteiger partial charge >= 0.3 is 0 Å². The van der Waals surface area contributed by atoms with E-state index in [-0.39, 0.29) is 17.9 Å². The van der Waals surface area contributed by atoms with Crippen LogP contribution in [0.3, 0.4) is 0 Å². The Bertz CT molecular complexity index is 485. The van der Waals surface area contributed by atoms with Gasteiger partial charge in [0.2, 0.25) is 5.91 Å². The molecule has 3 rings (SSSR count). The number of carbonyl (C=O) groups excluding carboxylic acids is 1. The predicted molar refractivity (Wildman–Crippen MR) is 88.5 cm³/mol. The molecule has 2 saturated heterocycles. The van der Waals surface area contributed by atoms with Gasteiger partial charge in [-0.1, -0.05) is 15.9 Å². The molecule has 1 atom stereocenters. The zero-order valence-electron chi connectivity index (χ0n) is 12.1. The maximum atomic E-state index is 12.3. The Balaban J connectivity index is 1.52. The second kappa shape index (κ2) is 6.79. The van der Waals surface area contributed by atoms with E-state index < -0.39 is 0 Å². The van der Waals surface area contributed by atoms with E-state index in [1.807, 2.05) is 0 Å². The third-order valence-electron chi connectivity index (χ3n) is 4.44. The van der Waals surface area contributed by atoms with Crippen molar-refractivity contribution >= 4 is 27.5 Å². The lowest BCUT2D eigenvalue weighted by Crippen LogP contribution is -2.43. The highest BCUT2D eigenvalue weighted by molar-refractivity contribution is 9.10. The Morgan fingerprint density at radius 2 is 1.90 bits per heavy atom. The van der Waals surface area contributed by atoms with Crippen molar-refractivity contribution in [3.05, 3.63) is 28.7 Å². The second-order valence-corrected chi connectivity index (χ2v) is 6.86. The van der Waals surface area contributed by atoms with Gasteiger partial charge in [-0.25, -0.2) is 0 Å². The van der Waals surface area contributed by atoms with Crippen LogP contribution in [0.5, 0.6) is 0 Å². The molecule has 0 spiro atoms. The van der Waals surface area contributed by atoms with Crippen molar-refractivity contribution in [3.63, 3.8) is 0 Å². The molecule has 1 amide bonds. The summed E-state index contributed by atoms with van der Waals surface area (Å²) in [5.41, 5.74) is 1.23. The summed E-state index contributed by atoms with van der Waals surface area (Å²) in [7, 11) is 0. The summed E-state index contributed by atoms with van der Waals surface area (Å²) in [4.78, 5) is 14.6. The lowest BCUT2D eigenvalue weighted by atomic mass is 9.97. The maximum Gasteiger partial charge on any atom is 0.223 e. The number of anilines is 1. The van der Waals surface area contributed by atoms with E-state index in [0.717, 1.165) is 49.9 Å². The molecule has 2 heterocycles. The molecule has 2 aliphatic heterocycles. The third kappa shape index (κ3) is 3.77.